The normalized spacial score (nSPS) is 16.8. The van der Waals surface area contributed by atoms with Gasteiger partial charge in [-0.1, -0.05) is 0 Å². The second-order valence-corrected chi connectivity index (χ2v) is 9.44. The molecule has 0 unspecified atom stereocenters. The van der Waals surface area contributed by atoms with Crippen LogP contribution in [0.5, 0.6) is 17.2 Å². The van der Waals surface area contributed by atoms with Gasteiger partial charge in [0.2, 0.25) is 5.91 Å². The second kappa shape index (κ2) is 12.2. The predicted molar refractivity (Wildman–Crippen MR) is 135 cm³/mol. The summed E-state index contributed by atoms with van der Waals surface area (Å²) in [6, 6.07) is 12.5. The average Bonchev–Trinajstić information content (AvgIpc) is 3.72. The van der Waals surface area contributed by atoms with Crippen LogP contribution in [-0.4, -0.2) is 58.6 Å². The van der Waals surface area contributed by atoms with Gasteiger partial charge in [-0.05, 0) is 74.9 Å². The number of rotatable bonds is 11. The number of carbonyl (C=O) groups is 2. The third-order valence-corrected chi connectivity index (χ3v) is 6.40. The largest absolute Gasteiger partial charge is 0.488 e. The molecule has 8 nitrogen and oxygen atoms in total. The van der Waals surface area contributed by atoms with E-state index in [2.05, 4.69) is 0 Å². The van der Waals surface area contributed by atoms with Gasteiger partial charge in [-0.2, -0.15) is 0 Å². The molecule has 2 aromatic rings. The number of hydrogen-bond acceptors (Lipinski definition) is 7. The molecule has 4 rings (SSSR count). The van der Waals surface area contributed by atoms with Crippen molar-refractivity contribution < 1.29 is 33.3 Å². The van der Waals surface area contributed by atoms with Crippen molar-refractivity contribution in [2.45, 2.75) is 38.7 Å². The van der Waals surface area contributed by atoms with E-state index in [1.807, 2.05) is 36.1 Å². The summed E-state index contributed by atoms with van der Waals surface area (Å²) in [7, 11) is 2.93. The lowest BCUT2D eigenvalue weighted by molar-refractivity contribution is -0.125. The van der Waals surface area contributed by atoms with E-state index >= 15 is 0 Å². The first-order valence-corrected chi connectivity index (χ1v) is 12.5. The first kappa shape index (κ1) is 26.0. The SMILES string of the molecule is COC[C@H](C)Oc1cc(Oc2ccc(N(CC3CC3)C(=O)C3CCOCC3)cc2)cc(C(=O)OC)c1. The Labute approximate surface area is 212 Å². The maximum Gasteiger partial charge on any atom is 0.338 e. The van der Waals surface area contributed by atoms with Gasteiger partial charge in [-0.25, -0.2) is 4.79 Å². The molecule has 1 saturated carbocycles. The first-order chi connectivity index (χ1) is 17.5. The summed E-state index contributed by atoms with van der Waals surface area (Å²) in [5, 5.41) is 0. The molecule has 2 aromatic carbocycles. The lowest BCUT2D eigenvalue weighted by atomic mass is 9.98. The lowest BCUT2D eigenvalue weighted by Gasteiger charge is -2.29. The van der Waals surface area contributed by atoms with Crippen molar-refractivity contribution in [2.24, 2.45) is 11.8 Å². The predicted octanol–water partition coefficient (Wildman–Crippen LogP) is 4.85. The Balaban J connectivity index is 1.51. The van der Waals surface area contributed by atoms with Crippen LogP contribution in [0.25, 0.3) is 0 Å². The fourth-order valence-corrected chi connectivity index (χ4v) is 4.31. The summed E-state index contributed by atoms with van der Waals surface area (Å²) in [4.78, 5) is 27.4. The van der Waals surface area contributed by atoms with E-state index in [0.29, 0.717) is 48.6 Å². The molecular weight excluding hydrogens is 462 g/mol. The van der Waals surface area contributed by atoms with Gasteiger partial charge in [0.15, 0.2) is 0 Å². The van der Waals surface area contributed by atoms with Gasteiger partial charge in [0, 0.05) is 44.5 Å². The van der Waals surface area contributed by atoms with Gasteiger partial charge in [-0.15, -0.1) is 0 Å². The number of anilines is 1. The van der Waals surface area contributed by atoms with Crippen LogP contribution in [0.15, 0.2) is 42.5 Å². The zero-order chi connectivity index (χ0) is 25.5. The highest BCUT2D eigenvalue weighted by Crippen LogP contribution is 2.34. The number of benzene rings is 2. The minimum absolute atomic E-state index is 0.00779. The van der Waals surface area contributed by atoms with Gasteiger partial charge in [0.05, 0.1) is 19.3 Å². The van der Waals surface area contributed by atoms with E-state index in [1.54, 1.807) is 25.3 Å². The van der Waals surface area contributed by atoms with Crippen LogP contribution in [0.3, 0.4) is 0 Å². The number of carbonyl (C=O) groups excluding carboxylic acids is 2. The second-order valence-electron chi connectivity index (χ2n) is 9.44. The van der Waals surface area contributed by atoms with E-state index in [0.717, 1.165) is 25.1 Å². The van der Waals surface area contributed by atoms with Crippen LogP contribution < -0.4 is 14.4 Å². The fourth-order valence-electron chi connectivity index (χ4n) is 4.31. The molecule has 0 spiro atoms. The van der Waals surface area contributed by atoms with Crippen molar-refractivity contribution in [3.63, 3.8) is 0 Å². The molecule has 0 radical (unpaired) electrons. The summed E-state index contributed by atoms with van der Waals surface area (Å²) in [6.45, 7) is 4.31. The third-order valence-electron chi connectivity index (χ3n) is 6.40. The number of esters is 1. The molecular formula is C28H35NO7. The van der Waals surface area contributed by atoms with Crippen molar-refractivity contribution in [1.29, 1.82) is 0 Å². The fraction of sp³-hybridized carbons (Fsp3) is 0.500. The molecule has 2 fully saturated rings. The molecule has 1 heterocycles. The highest BCUT2D eigenvalue weighted by atomic mass is 16.5. The van der Waals surface area contributed by atoms with Crippen LogP contribution in [-0.2, 0) is 19.0 Å². The molecule has 8 heteroatoms. The standard InChI is InChI=1S/C28H35NO7/c1-19(18-32-2)35-25-14-22(28(31)33-3)15-26(16-25)36-24-8-6-23(7-9-24)29(17-20-4-5-20)27(30)21-10-12-34-13-11-21/h6-9,14-16,19-21H,4-5,10-13,17-18H2,1-3H3/t19-/m0/s1. The molecule has 1 amide bonds. The van der Waals surface area contributed by atoms with Crippen molar-refractivity contribution in [3.8, 4) is 17.2 Å². The van der Waals surface area contributed by atoms with Crippen LogP contribution in [0.1, 0.15) is 43.0 Å². The van der Waals surface area contributed by atoms with Gasteiger partial charge in [-0.3, -0.25) is 4.79 Å². The molecule has 1 aliphatic heterocycles. The number of nitrogens with zero attached hydrogens (tertiary/aromatic N) is 1. The van der Waals surface area contributed by atoms with Crippen LogP contribution in [0.4, 0.5) is 5.69 Å². The minimum Gasteiger partial charge on any atom is -0.488 e. The molecule has 0 N–H and O–H groups in total. The Morgan fingerprint density at radius 3 is 2.31 bits per heavy atom. The van der Waals surface area contributed by atoms with Gasteiger partial charge in [0.25, 0.3) is 0 Å². The maximum atomic E-state index is 13.3. The maximum absolute atomic E-state index is 13.3. The topological polar surface area (TPSA) is 83.5 Å². The van der Waals surface area contributed by atoms with Crippen LogP contribution in [0.2, 0.25) is 0 Å². The Morgan fingerprint density at radius 1 is 0.972 bits per heavy atom. The monoisotopic (exact) mass is 497 g/mol. The summed E-state index contributed by atoms with van der Waals surface area (Å²) in [6.07, 6.45) is 3.67. The molecule has 2 aliphatic rings. The Hall–Kier alpha value is -3.10. The third kappa shape index (κ3) is 6.98. The van der Waals surface area contributed by atoms with E-state index in [-0.39, 0.29) is 17.9 Å². The van der Waals surface area contributed by atoms with E-state index < -0.39 is 5.97 Å². The molecule has 0 bridgehead atoms. The molecule has 0 aromatic heterocycles. The zero-order valence-corrected chi connectivity index (χ0v) is 21.2. The first-order valence-electron chi connectivity index (χ1n) is 12.5. The van der Waals surface area contributed by atoms with E-state index in [1.165, 1.54) is 20.0 Å². The zero-order valence-electron chi connectivity index (χ0n) is 21.2. The van der Waals surface area contributed by atoms with E-state index in [4.69, 9.17) is 23.7 Å². The number of ether oxygens (including phenoxy) is 5. The van der Waals surface area contributed by atoms with Gasteiger partial charge in [0.1, 0.15) is 23.4 Å². The number of methoxy groups -OCH3 is 2. The Morgan fingerprint density at radius 2 is 1.67 bits per heavy atom. The van der Waals surface area contributed by atoms with Crippen molar-refractivity contribution in [1.82, 2.24) is 0 Å². The van der Waals surface area contributed by atoms with Gasteiger partial charge < -0.3 is 28.6 Å². The van der Waals surface area contributed by atoms with Crippen molar-refractivity contribution >= 4 is 17.6 Å². The number of amides is 1. The summed E-state index contributed by atoms with van der Waals surface area (Å²) >= 11 is 0. The summed E-state index contributed by atoms with van der Waals surface area (Å²) in [5.41, 5.74) is 1.19. The summed E-state index contributed by atoms with van der Waals surface area (Å²) in [5.74, 6) is 1.78. The average molecular weight is 498 g/mol. The Bertz CT molecular complexity index is 1030. The summed E-state index contributed by atoms with van der Waals surface area (Å²) < 4.78 is 27.4. The molecule has 1 saturated heterocycles. The number of hydrogen-bond donors (Lipinski definition) is 0. The smallest absolute Gasteiger partial charge is 0.338 e. The van der Waals surface area contributed by atoms with Crippen molar-refractivity contribution in [3.05, 3.63) is 48.0 Å². The molecule has 36 heavy (non-hydrogen) atoms. The van der Waals surface area contributed by atoms with E-state index in [9.17, 15) is 9.59 Å². The highest BCUT2D eigenvalue weighted by Gasteiger charge is 2.32. The molecule has 194 valence electrons. The highest BCUT2D eigenvalue weighted by molar-refractivity contribution is 5.95. The van der Waals surface area contributed by atoms with Gasteiger partial charge >= 0.3 is 5.97 Å². The van der Waals surface area contributed by atoms with Crippen molar-refractivity contribution in [2.75, 3.05) is 45.5 Å². The minimum atomic E-state index is -0.484. The molecule has 1 aliphatic carbocycles. The van der Waals surface area contributed by atoms with Crippen LogP contribution >= 0.6 is 0 Å². The quantitative estimate of drug-likeness (QED) is 0.411. The molecule has 1 atom stereocenters. The van der Waals surface area contributed by atoms with Crippen LogP contribution in [0, 0.1) is 11.8 Å². The Kier molecular flexibility index (Phi) is 8.83. The lowest BCUT2D eigenvalue weighted by Crippen LogP contribution is -2.39.